The number of benzene rings is 2. The summed E-state index contributed by atoms with van der Waals surface area (Å²) < 4.78 is 57.8. The molecule has 0 aliphatic heterocycles. The predicted octanol–water partition coefficient (Wildman–Crippen LogP) is 6.17. The molecule has 0 fully saturated rings. The summed E-state index contributed by atoms with van der Waals surface area (Å²) in [6.07, 6.45) is -4.77. The van der Waals surface area contributed by atoms with Crippen LogP contribution in [-0.2, 0) is 12.7 Å². The normalized spacial score (nSPS) is 12.2. The minimum atomic E-state index is -4.77. The van der Waals surface area contributed by atoms with E-state index in [1.54, 1.807) is 30.3 Å². The van der Waals surface area contributed by atoms with Crippen molar-refractivity contribution in [1.82, 2.24) is 9.47 Å². The maximum atomic E-state index is 14.3. The molecule has 3 aromatic rings. The Balaban J connectivity index is 2.35. The molecular weight excluding hydrogens is 472 g/mol. The summed E-state index contributed by atoms with van der Waals surface area (Å²) in [7, 11) is 1.41. The third-order valence-corrected chi connectivity index (χ3v) is 5.63. The van der Waals surface area contributed by atoms with Gasteiger partial charge in [-0.05, 0) is 49.6 Å². The van der Waals surface area contributed by atoms with Crippen molar-refractivity contribution in [3.05, 3.63) is 81.9 Å². The summed E-state index contributed by atoms with van der Waals surface area (Å²) in [5.41, 5.74) is -1.89. The van der Waals surface area contributed by atoms with Crippen molar-refractivity contribution in [2.45, 2.75) is 39.1 Å². The molecule has 0 aliphatic carbocycles. The molecular formula is C25H25ClF4N2O2. The van der Waals surface area contributed by atoms with E-state index >= 15 is 0 Å². The number of halogens is 5. The average Bonchev–Trinajstić information content (AvgIpc) is 3.00. The lowest BCUT2D eigenvalue weighted by Gasteiger charge is -2.27. The number of likely N-dealkylation sites (N-methyl/N-ethyl adjacent to an activating group) is 1. The van der Waals surface area contributed by atoms with Gasteiger partial charge in [-0.15, -0.1) is 0 Å². The van der Waals surface area contributed by atoms with Crippen molar-refractivity contribution in [2.24, 2.45) is 0 Å². The summed E-state index contributed by atoms with van der Waals surface area (Å²) >= 11 is 5.93. The largest absolute Gasteiger partial charge is 0.431 e. The van der Waals surface area contributed by atoms with Gasteiger partial charge in [0.2, 0.25) is 0 Å². The number of amides is 1. The fraction of sp³-hybridized carbons (Fsp3) is 0.320. The molecule has 0 bridgehead atoms. The van der Waals surface area contributed by atoms with Gasteiger partial charge in [0.05, 0.1) is 10.6 Å². The summed E-state index contributed by atoms with van der Waals surface area (Å²) in [5, 5.41) is 9.92. The molecule has 3 rings (SSSR count). The number of hydrogen-bond acceptors (Lipinski definition) is 2. The summed E-state index contributed by atoms with van der Waals surface area (Å²) in [4.78, 5) is 14.8. The number of rotatable bonds is 6. The maximum Gasteiger partial charge on any atom is 0.431 e. The van der Waals surface area contributed by atoms with Crippen LogP contribution in [0.5, 0.6) is 0 Å². The van der Waals surface area contributed by atoms with E-state index in [-0.39, 0.29) is 40.5 Å². The van der Waals surface area contributed by atoms with Crippen molar-refractivity contribution >= 4 is 17.5 Å². The lowest BCUT2D eigenvalue weighted by Crippen LogP contribution is -2.40. The highest BCUT2D eigenvalue weighted by molar-refractivity contribution is 6.31. The van der Waals surface area contributed by atoms with Gasteiger partial charge in [-0.1, -0.05) is 48.0 Å². The molecule has 34 heavy (non-hydrogen) atoms. The van der Waals surface area contributed by atoms with Gasteiger partial charge in [0.1, 0.15) is 17.2 Å². The smallest absolute Gasteiger partial charge is 0.389 e. The van der Waals surface area contributed by atoms with Crippen molar-refractivity contribution < 1.29 is 27.5 Å². The van der Waals surface area contributed by atoms with Crippen molar-refractivity contribution in [3.8, 4) is 11.1 Å². The van der Waals surface area contributed by atoms with Crippen LogP contribution in [0, 0.1) is 12.7 Å². The van der Waals surface area contributed by atoms with Gasteiger partial charge in [-0.2, -0.15) is 13.2 Å². The van der Waals surface area contributed by atoms with Crippen LogP contribution in [0.25, 0.3) is 11.1 Å². The van der Waals surface area contributed by atoms with Gasteiger partial charge in [-0.25, -0.2) is 4.39 Å². The van der Waals surface area contributed by atoms with Crippen molar-refractivity contribution in [3.63, 3.8) is 0 Å². The standard InChI is InChI=1S/C25H25ClF4N2O2/c1-15-20(17-10-11-19(27)18(26)12-17)21(23(33)31(4)14-24(2,3)34)32(22(15)25(28,29)30)13-16-8-6-5-7-9-16/h5-12,34H,13-14H2,1-4H3. The molecule has 0 unspecified atom stereocenters. The van der Waals surface area contributed by atoms with E-state index in [9.17, 15) is 27.5 Å². The van der Waals surface area contributed by atoms with Crippen LogP contribution >= 0.6 is 11.6 Å². The van der Waals surface area contributed by atoms with Crippen LogP contribution < -0.4 is 0 Å². The molecule has 9 heteroatoms. The zero-order valence-corrected chi connectivity index (χ0v) is 19.9. The first-order valence-electron chi connectivity index (χ1n) is 10.5. The number of aromatic nitrogens is 1. The molecule has 4 nitrogen and oxygen atoms in total. The van der Waals surface area contributed by atoms with Crippen molar-refractivity contribution in [1.29, 1.82) is 0 Å². The summed E-state index contributed by atoms with van der Waals surface area (Å²) in [5.74, 6) is -1.44. The molecule has 1 aromatic heterocycles. The lowest BCUT2D eigenvalue weighted by atomic mass is 9.99. The van der Waals surface area contributed by atoms with Crippen LogP contribution in [0.4, 0.5) is 17.6 Å². The fourth-order valence-corrected chi connectivity index (χ4v) is 4.28. The Morgan fingerprint density at radius 1 is 1.12 bits per heavy atom. The first-order valence-corrected chi connectivity index (χ1v) is 10.9. The molecule has 1 N–H and O–H groups in total. The average molecular weight is 497 g/mol. The Labute approximate surface area is 200 Å². The maximum absolute atomic E-state index is 14.3. The topological polar surface area (TPSA) is 45.5 Å². The van der Waals surface area contributed by atoms with E-state index in [4.69, 9.17) is 11.6 Å². The van der Waals surface area contributed by atoms with Crippen LogP contribution in [0.2, 0.25) is 5.02 Å². The molecule has 0 spiro atoms. The third kappa shape index (κ3) is 5.45. The predicted molar refractivity (Wildman–Crippen MR) is 123 cm³/mol. The Kier molecular flexibility index (Phi) is 7.15. The van der Waals surface area contributed by atoms with Gasteiger partial charge in [0.15, 0.2) is 0 Å². The second-order valence-corrected chi connectivity index (χ2v) is 9.28. The molecule has 0 aliphatic rings. The highest BCUT2D eigenvalue weighted by atomic mass is 35.5. The van der Waals surface area contributed by atoms with Crippen molar-refractivity contribution in [2.75, 3.05) is 13.6 Å². The summed E-state index contributed by atoms with van der Waals surface area (Å²) in [6.45, 7) is 3.93. The number of carbonyl (C=O) groups is 1. The van der Waals surface area contributed by atoms with Gasteiger partial charge in [-0.3, -0.25) is 4.79 Å². The van der Waals surface area contributed by atoms with E-state index in [1.807, 2.05) is 0 Å². The fourth-order valence-electron chi connectivity index (χ4n) is 4.10. The van der Waals surface area contributed by atoms with E-state index < -0.39 is 29.2 Å². The minimum Gasteiger partial charge on any atom is -0.389 e. The van der Waals surface area contributed by atoms with Crippen LogP contribution in [0.15, 0.2) is 48.5 Å². The molecule has 0 radical (unpaired) electrons. The van der Waals surface area contributed by atoms with Crippen LogP contribution in [0.3, 0.4) is 0 Å². The Morgan fingerprint density at radius 3 is 2.26 bits per heavy atom. The SMILES string of the molecule is Cc1c(-c2ccc(F)c(Cl)c2)c(C(=O)N(C)CC(C)(C)O)n(Cc2ccccc2)c1C(F)(F)F. The molecule has 1 heterocycles. The van der Waals surface area contributed by atoms with Crippen LogP contribution in [-0.4, -0.2) is 39.7 Å². The Hall–Kier alpha value is -2.84. The highest BCUT2D eigenvalue weighted by Crippen LogP contribution is 2.42. The summed E-state index contributed by atoms with van der Waals surface area (Å²) in [6, 6.07) is 12.0. The zero-order chi connectivity index (χ0) is 25.4. The van der Waals surface area contributed by atoms with Gasteiger partial charge in [0, 0.05) is 25.7 Å². The molecule has 0 saturated carbocycles. The van der Waals surface area contributed by atoms with Gasteiger partial charge < -0.3 is 14.6 Å². The third-order valence-electron chi connectivity index (χ3n) is 5.34. The van der Waals surface area contributed by atoms with E-state index in [0.29, 0.717) is 5.56 Å². The second-order valence-electron chi connectivity index (χ2n) is 8.87. The van der Waals surface area contributed by atoms with E-state index in [2.05, 4.69) is 0 Å². The molecule has 0 atom stereocenters. The number of aliphatic hydroxyl groups is 1. The Bertz CT molecular complexity index is 1200. The minimum absolute atomic E-state index is 0.0118. The Morgan fingerprint density at radius 2 is 1.74 bits per heavy atom. The van der Waals surface area contributed by atoms with Gasteiger partial charge in [0.25, 0.3) is 5.91 Å². The highest BCUT2D eigenvalue weighted by Gasteiger charge is 2.41. The number of carbonyl (C=O) groups excluding carboxylic acids is 1. The van der Waals surface area contributed by atoms with Crippen LogP contribution in [0.1, 0.15) is 41.2 Å². The number of hydrogen-bond donors (Lipinski definition) is 1. The number of nitrogens with zero attached hydrogens (tertiary/aromatic N) is 2. The van der Waals surface area contributed by atoms with E-state index in [0.717, 1.165) is 10.6 Å². The van der Waals surface area contributed by atoms with Gasteiger partial charge >= 0.3 is 6.18 Å². The van der Waals surface area contributed by atoms with E-state index in [1.165, 1.54) is 44.9 Å². The molecule has 0 saturated heterocycles. The molecule has 182 valence electrons. The lowest BCUT2D eigenvalue weighted by molar-refractivity contribution is -0.143. The first-order chi connectivity index (χ1) is 15.7. The second kappa shape index (κ2) is 9.43. The first kappa shape index (κ1) is 25.8. The number of alkyl halides is 3. The molecule has 2 aromatic carbocycles. The quantitative estimate of drug-likeness (QED) is 0.415. The monoisotopic (exact) mass is 496 g/mol. The molecule has 1 amide bonds. The zero-order valence-electron chi connectivity index (χ0n) is 19.2.